The van der Waals surface area contributed by atoms with Crippen LogP contribution in [0.1, 0.15) is 0 Å². The zero-order valence-electron chi connectivity index (χ0n) is 6.10. The summed E-state index contributed by atoms with van der Waals surface area (Å²) in [6.07, 6.45) is 1.70. The van der Waals surface area contributed by atoms with Crippen LogP contribution in [-0.2, 0) is 6.54 Å². The van der Waals surface area contributed by atoms with Gasteiger partial charge in [-0.25, -0.2) is 4.68 Å². The Labute approximate surface area is 64.4 Å². The van der Waals surface area contributed by atoms with E-state index in [0.29, 0.717) is 6.61 Å². The number of hydrogen-bond donors (Lipinski definition) is 1. The standard InChI is InChI=1S/C7H10N2O2/c10-4-6-3-9-7(11-5-6)1-2-8-9/h1-2,6,10H,3-5H2. The van der Waals surface area contributed by atoms with Crippen LogP contribution in [0, 0.1) is 5.92 Å². The van der Waals surface area contributed by atoms with E-state index in [1.54, 1.807) is 10.9 Å². The zero-order chi connectivity index (χ0) is 7.68. The van der Waals surface area contributed by atoms with Gasteiger partial charge < -0.3 is 9.84 Å². The summed E-state index contributed by atoms with van der Waals surface area (Å²) in [4.78, 5) is 0. The second-order valence-electron chi connectivity index (χ2n) is 2.71. The lowest BCUT2D eigenvalue weighted by molar-refractivity contribution is 0.108. The minimum atomic E-state index is 0.166. The Morgan fingerprint density at radius 1 is 1.82 bits per heavy atom. The Morgan fingerprint density at radius 3 is 3.55 bits per heavy atom. The molecule has 1 aromatic rings. The van der Waals surface area contributed by atoms with Crippen LogP contribution in [0.2, 0.25) is 0 Å². The molecule has 1 aromatic heterocycles. The van der Waals surface area contributed by atoms with Gasteiger partial charge >= 0.3 is 0 Å². The van der Waals surface area contributed by atoms with Gasteiger partial charge in [0.25, 0.3) is 0 Å². The second-order valence-corrected chi connectivity index (χ2v) is 2.71. The highest BCUT2D eigenvalue weighted by Gasteiger charge is 2.18. The van der Waals surface area contributed by atoms with Crippen molar-refractivity contribution >= 4 is 0 Å². The summed E-state index contributed by atoms with van der Waals surface area (Å²) >= 11 is 0. The molecule has 1 aliphatic heterocycles. The molecule has 0 saturated heterocycles. The van der Waals surface area contributed by atoms with Gasteiger partial charge in [0.1, 0.15) is 0 Å². The molecule has 4 heteroatoms. The second kappa shape index (κ2) is 2.54. The van der Waals surface area contributed by atoms with Crippen LogP contribution in [0.15, 0.2) is 12.3 Å². The van der Waals surface area contributed by atoms with Gasteiger partial charge in [-0.3, -0.25) is 0 Å². The Hall–Kier alpha value is -1.03. The first-order valence-corrected chi connectivity index (χ1v) is 3.65. The van der Waals surface area contributed by atoms with Crippen molar-refractivity contribution in [2.24, 2.45) is 5.92 Å². The van der Waals surface area contributed by atoms with Crippen LogP contribution in [-0.4, -0.2) is 28.1 Å². The molecule has 1 aliphatic rings. The molecule has 4 nitrogen and oxygen atoms in total. The van der Waals surface area contributed by atoms with Crippen molar-refractivity contribution in [1.82, 2.24) is 9.78 Å². The average Bonchev–Trinajstić information content (AvgIpc) is 2.50. The Kier molecular flexibility index (Phi) is 1.54. The quantitative estimate of drug-likeness (QED) is 0.613. The smallest absolute Gasteiger partial charge is 0.211 e. The molecule has 1 unspecified atom stereocenters. The molecule has 0 amide bonds. The normalized spacial score (nSPS) is 22.5. The molecular weight excluding hydrogens is 144 g/mol. The van der Waals surface area contributed by atoms with Gasteiger partial charge in [0.05, 0.1) is 26.0 Å². The molecule has 2 heterocycles. The fraction of sp³-hybridized carbons (Fsp3) is 0.571. The third kappa shape index (κ3) is 1.09. The molecule has 0 fully saturated rings. The van der Waals surface area contributed by atoms with Gasteiger partial charge in [-0.2, -0.15) is 5.10 Å². The van der Waals surface area contributed by atoms with E-state index in [2.05, 4.69) is 5.10 Å². The lowest BCUT2D eigenvalue weighted by Gasteiger charge is -2.21. The van der Waals surface area contributed by atoms with Gasteiger partial charge in [0.2, 0.25) is 5.88 Å². The molecule has 11 heavy (non-hydrogen) atoms. The third-order valence-electron chi connectivity index (χ3n) is 1.83. The highest BCUT2D eigenvalue weighted by Crippen LogP contribution is 2.17. The molecule has 0 saturated carbocycles. The molecule has 0 aliphatic carbocycles. The van der Waals surface area contributed by atoms with E-state index in [1.165, 1.54) is 0 Å². The predicted molar refractivity (Wildman–Crippen MR) is 38.3 cm³/mol. The van der Waals surface area contributed by atoms with E-state index in [9.17, 15) is 0 Å². The monoisotopic (exact) mass is 154 g/mol. The summed E-state index contributed by atoms with van der Waals surface area (Å²) in [5, 5.41) is 12.9. The number of rotatable bonds is 1. The van der Waals surface area contributed by atoms with E-state index < -0.39 is 0 Å². The number of ether oxygens (including phenoxy) is 1. The van der Waals surface area contributed by atoms with E-state index >= 15 is 0 Å². The summed E-state index contributed by atoms with van der Waals surface area (Å²) in [5.41, 5.74) is 0. The molecule has 0 spiro atoms. The van der Waals surface area contributed by atoms with Crippen molar-refractivity contribution in [2.45, 2.75) is 6.54 Å². The maximum absolute atomic E-state index is 8.83. The van der Waals surface area contributed by atoms with Crippen molar-refractivity contribution in [2.75, 3.05) is 13.2 Å². The van der Waals surface area contributed by atoms with Gasteiger partial charge in [0, 0.05) is 12.0 Å². The van der Waals surface area contributed by atoms with Crippen molar-refractivity contribution in [3.8, 4) is 5.88 Å². The van der Waals surface area contributed by atoms with Crippen LogP contribution in [0.5, 0.6) is 5.88 Å². The highest BCUT2D eigenvalue weighted by molar-refractivity contribution is 5.09. The summed E-state index contributed by atoms with van der Waals surface area (Å²) in [6.45, 7) is 1.53. The Morgan fingerprint density at radius 2 is 2.73 bits per heavy atom. The SMILES string of the molecule is OCC1COc2ccnn2C1. The fourth-order valence-corrected chi connectivity index (χ4v) is 1.19. The van der Waals surface area contributed by atoms with Crippen LogP contribution in [0.25, 0.3) is 0 Å². The molecule has 0 bridgehead atoms. The first-order valence-electron chi connectivity index (χ1n) is 3.65. The molecular formula is C7H10N2O2. The largest absolute Gasteiger partial charge is 0.477 e. The third-order valence-corrected chi connectivity index (χ3v) is 1.83. The van der Waals surface area contributed by atoms with Gasteiger partial charge in [0.15, 0.2) is 0 Å². The van der Waals surface area contributed by atoms with E-state index in [1.807, 2.05) is 6.07 Å². The predicted octanol–water partition coefficient (Wildman–Crippen LogP) is -0.116. The molecule has 0 aromatic carbocycles. The minimum absolute atomic E-state index is 0.166. The fourth-order valence-electron chi connectivity index (χ4n) is 1.19. The summed E-state index contributed by atoms with van der Waals surface area (Å²) in [6, 6.07) is 1.83. The van der Waals surface area contributed by atoms with Crippen molar-refractivity contribution in [3.63, 3.8) is 0 Å². The van der Waals surface area contributed by atoms with Crippen LogP contribution in [0.3, 0.4) is 0 Å². The summed E-state index contributed by atoms with van der Waals surface area (Å²) in [7, 11) is 0. The first-order chi connectivity index (χ1) is 5.40. The molecule has 2 rings (SSSR count). The summed E-state index contributed by atoms with van der Waals surface area (Å²) < 4.78 is 7.08. The Balaban J connectivity index is 2.18. The van der Waals surface area contributed by atoms with Crippen LogP contribution in [0.4, 0.5) is 0 Å². The minimum Gasteiger partial charge on any atom is -0.477 e. The summed E-state index contributed by atoms with van der Waals surface area (Å²) in [5.74, 6) is 0.997. The Bertz CT molecular complexity index is 246. The average molecular weight is 154 g/mol. The molecule has 60 valence electrons. The van der Waals surface area contributed by atoms with Gasteiger partial charge in [-0.1, -0.05) is 0 Å². The number of aliphatic hydroxyl groups excluding tert-OH is 1. The number of fused-ring (bicyclic) bond motifs is 1. The van der Waals surface area contributed by atoms with Crippen molar-refractivity contribution < 1.29 is 9.84 Å². The van der Waals surface area contributed by atoms with Crippen LogP contribution >= 0.6 is 0 Å². The van der Waals surface area contributed by atoms with Crippen molar-refractivity contribution in [1.29, 1.82) is 0 Å². The molecule has 1 N–H and O–H groups in total. The number of aromatic nitrogens is 2. The van der Waals surface area contributed by atoms with E-state index in [-0.39, 0.29) is 12.5 Å². The number of aliphatic hydroxyl groups is 1. The molecule has 1 atom stereocenters. The topological polar surface area (TPSA) is 47.3 Å². The van der Waals surface area contributed by atoms with E-state index in [0.717, 1.165) is 12.4 Å². The lowest BCUT2D eigenvalue weighted by atomic mass is 10.1. The lowest BCUT2D eigenvalue weighted by Crippen LogP contribution is -2.28. The van der Waals surface area contributed by atoms with Crippen LogP contribution < -0.4 is 4.74 Å². The van der Waals surface area contributed by atoms with Crippen molar-refractivity contribution in [3.05, 3.63) is 12.3 Å². The van der Waals surface area contributed by atoms with Gasteiger partial charge in [-0.15, -0.1) is 0 Å². The maximum Gasteiger partial charge on any atom is 0.211 e. The number of hydrogen-bond acceptors (Lipinski definition) is 3. The molecule has 0 radical (unpaired) electrons. The highest BCUT2D eigenvalue weighted by atomic mass is 16.5. The van der Waals surface area contributed by atoms with E-state index in [4.69, 9.17) is 9.84 Å². The zero-order valence-corrected chi connectivity index (χ0v) is 6.10. The first kappa shape index (κ1) is 6.67. The van der Waals surface area contributed by atoms with Gasteiger partial charge in [-0.05, 0) is 0 Å². The maximum atomic E-state index is 8.83. The number of nitrogens with zero attached hydrogens (tertiary/aromatic N) is 2.